The third kappa shape index (κ3) is 3.40. The molecule has 0 atom stereocenters. The molecule has 2 aromatic rings. The normalized spacial score (nSPS) is 10.9. The number of hydrazine groups is 2. The van der Waals surface area contributed by atoms with Crippen LogP contribution in [0.4, 0.5) is 14.9 Å². The molecule has 110 valence electrons. The van der Waals surface area contributed by atoms with Crippen molar-refractivity contribution in [1.82, 2.24) is 5.43 Å². The van der Waals surface area contributed by atoms with E-state index in [9.17, 15) is 9.18 Å². The summed E-state index contributed by atoms with van der Waals surface area (Å²) in [6, 6.07) is 5.51. The van der Waals surface area contributed by atoms with E-state index in [0.29, 0.717) is 0 Å². The molecule has 1 heterocycles. The van der Waals surface area contributed by atoms with E-state index in [-0.39, 0.29) is 16.3 Å². The van der Waals surface area contributed by atoms with Gasteiger partial charge in [-0.25, -0.2) is 25.9 Å². The minimum absolute atomic E-state index is 0.124. The molecule has 0 unspecified atom stereocenters. The van der Waals surface area contributed by atoms with Crippen LogP contribution >= 0.6 is 22.9 Å². The van der Waals surface area contributed by atoms with Crippen molar-refractivity contribution in [2.45, 2.75) is 0 Å². The molecule has 5 nitrogen and oxygen atoms in total. The quantitative estimate of drug-likeness (QED) is 0.460. The van der Waals surface area contributed by atoms with Crippen LogP contribution in [0.3, 0.4) is 0 Å². The molecule has 0 aliphatic heterocycles. The number of thiophene rings is 1. The van der Waals surface area contributed by atoms with Crippen LogP contribution in [0.2, 0.25) is 5.02 Å². The van der Waals surface area contributed by atoms with Crippen LogP contribution in [0, 0.1) is 5.82 Å². The second-order valence-corrected chi connectivity index (χ2v) is 5.32. The fourth-order valence-corrected chi connectivity index (χ4v) is 2.50. The molecular weight excluding hydrogens is 315 g/mol. The maximum absolute atomic E-state index is 13.6. The third-order valence-corrected chi connectivity index (χ3v) is 3.89. The Morgan fingerprint density at radius 1 is 1.38 bits per heavy atom. The Morgan fingerprint density at radius 3 is 2.76 bits per heavy atom. The Balaban J connectivity index is 2.46. The smallest absolute Gasteiger partial charge is 0.274 e. The van der Waals surface area contributed by atoms with E-state index in [0.717, 1.165) is 16.0 Å². The molecule has 2 amide bonds. The Bertz CT molecular complexity index is 675. The number of nitrogens with two attached hydrogens (primary N) is 2. The van der Waals surface area contributed by atoms with E-state index in [1.165, 1.54) is 17.4 Å². The summed E-state index contributed by atoms with van der Waals surface area (Å²) < 4.78 is 13.6. The molecular formula is C13H12ClFN4OS. The summed E-state index contributed by atoms with van der Waals surface area (Å²) in [6.45, 7) is 0. The Hall–Kier alpha value is -1.93. The zero-order chi connectivity index (χ0) is 15.4. The van der Waals surface area contributed by atoms with Gasteiger partial charge >= 0.3 is 6.03 Å². The minimum Gasteiger partial charge on any atom is -0.274 e. The number of nitrogens with zero attached hydrogens (tertiary/aromatic N) is 1. The average molecular weight is 327 g/mol. The predicted molar refractivity (Wildman–Crippen MR) is 84.0 cm³/mol. The summed E-state index contributed by atoms with van der Waals surface area (Å²) in [5, 5.41) is 2.55. The summed E-state index contributed by atoms with van der Waals surface area (Å²) in [7, 11) is 0. The number of nitrogens with one attached hydrogen (secondary N) is 1. The van der Waals surface area contributed by atoms with Crippen molar-refractivity contribution < 1.29 is 9.18 Å². The van der Waals surface area contributed by atoms with Gasteiger partial charge in [-0.1, -0.05) is 17.7 Å². The number of carbonyl (C=O) groups excluding carboxylic acids is 1. The largest absolute Gasteiger partial charge is 0.350 e. The first-order valence-corrected chi connectivity index (χ1v) is 7.05. The van der Waals surface area contributed by atoms with Crippen molar-refractivity contribution in [1.29, 1.82) is 0 Å². The van der Waals surface area contributed by atoms with E-state index in [4.69, 9.17) is 23.3 Å². The molecule has 5 N–H and O–H groups in total. The van der Waals surface area contributed by atoms with E-state index in [2.05, 4.69) is 0 Å². The Morgan fingerprint density at radius 2 is 2.14 bits per heavy atom. The highest BCUT2D eigenvalue weighted by Gasteiger charge is 2.17. The van der Waals surface area contributed by atoms with Crippen LogP contribution in [-0.4, -0.2) is 6.03 Å². The molecule has 0 spiro atoms. The molecule has 0 bridgehead atoms. The highest BCUT2D eigenvalue weighted by atomic mass is 35.5. The number of hydrogen-bond donors (Lipinski definition) is 3. The molecule has 0 aliphatic carbocycles. The number of anilines is 1. The first-order chi connectivity index (χ1) is 10.0. The molecule has 0 saturated heterocycles. The molecule has 0 radical (unpaired) electrons. The topological polar surface area (TPSA) is 84.4 Å². The van der Waals surface area contributed by atoms with Crippen molar-refractivity contribution in [2.24, 2.45) is 11.7 Å². The van der Waals surface area contributed by atoms with Gasteiger partial charge in [0, 0.05) is 10.4 Å². The van der Waals surface area contributed by atoms with Gasteiger partial charge in [0.1, 0.15) is 5.82 Å². The van der Waals surface area contributed by atoms with Gasteiger partial charge in [0.2, 0.25) is 0 Å². The van der Waals surface area contributed by atoms with Gasteiger partial charge in [0.15, 0.2) is 0 Å². The van der Waals surface area contributed by atoms with Gasteiger partial charge in [0.25, 0.3) is 0 Å². The van der Waals surface area contributed by atoms with Gasteiger partial charge in [-0.05, 0) is 35.7 Å². The van der Waals surface area contributed by atoms with Crippen molar-refractivity contribution in [2.75, 3.05) is 5.01 Å². The van der Waals surface area contributed by atoms with Crippen LogP contribution in [-0.2, 0) is 0 Å². The average Bonchev–Trinajstić information content (AvgIpc) is 3.00. The molecule has 1 aromatic carbocycles. The molecule has 8 heteroatoms. The molecule has 0 saturated carbocycles. The molecule has 1 aromatic heterocycles. The van der Waals surface area contributed by atoms with Crippen molar-refractivity contribution in [3.8, 4) is 0 Å². The highest BCUT2D eigenvalue weighted by molar-refractivity contribution is 7.10. The molecule has 0 fully saturated rings. The van der Waals surface area contributed by atoms with Gasteiger partial charge in [-0.2, -0.15) is 0 Å². The van der Waals surface area contributed by atoms with Crippen LogP contribution in [0.1, 0.15) is 10.4 Å². The fraction of sp³-hybridized carbons (Fsp3) is 0. The van der Waals surface area contributed by atoms with Crippen LogP contribution in [0.5, 0.6) is 0 Å². The maximum Gasteiger partial charge on any atom is 0.350 e. The van der Waals surface area contributed by atoms with E-state index >= 15 is 0 Å². The lowest BCUT2D eigenvalue weighted by molar-refractivity contribution is 0.246. The number of hydrogen-bond acceptors (Lipinski definition) is 4. The standard InChI is InChI=1S/C13H12ClFN4OS/c14-12-9(4-3-8-2-1-7-21-8)11(6-5-10(12)15)19(17)13(20)18-16/h1-7H,16-17H2,(H,18,20)/b4-3+. The SMILES string of the molecule is NNC(=O)N(N)c1ccc(F)c(Cl)c1/C=C/c1cccs1. The first-order valence-electron chi connectivity index (χ1n) is 5.79. The lowest BCUT2D eigenvalue weighted by atomic mass is 10.1. The van der Waals surface area contributed by atoms with Crippen molar-refractivity contribution >= 4 is 46.8 Å². The fourth-order valence-electron chi connectivity index (χ4n) is 1.66. The summed E-state index contributed by atoms with van der Waals surface area (Å²) in [6.07, 6.45) is 3.35. The number of amides is 2. The number of halogens is 2. The van der Waals surface area contributed by atoms with Crippen LogP contribution in [0.15, 0.2) is 29.6 Å². The molecule has 2 rings (SSSR count). The van der Waals surface area contributed by atoms with E-state index < -0.39 is 11.8 Å². The number of rotatable bonds is 3. The molecule has 0 aliphatic rings. The third-order valence-electron chi connectivity index (χ3n) is 2.67. The Kier molecular flexibility index (Phi) is 4.92. The van der Waals surface area contributed by atoms with Crippen LogP contribution in [0.25, 0.3) is 12.2 Å². The predicted octanol–water partition coefficient (Wildman–Crippen LogP) is 2.97. The summed E-state index contributed by atoms with van der Waals surface area (Å²) in [5.74, 6) is 10.1. The van der Waals surface area contributed by atoms with Gasteiger partial charge in [-0.3, -0.25) is 5.43 Å². The number of urea groups is 1. The zero-order valence-electron chi connectivity index (χ0n) is 10.7. The number of benzene rings is 1. The monoisotopic (exact) mass is 326 g/mol. The summed E-state index contributed by atoms with van der Waals surface area (Å²) >= 11 is 7.47. The van der Waals surface area contributed by atoms with Gasteiger partial charge < -0.3 is 0 Å². The van der Waals surface area contributed by atoms with Gasteiger partial charge in [0.05, 0.1) is 10.7 Å². The van der Waals surface area contributed by atoms with E-state index in [1.54, 1.807) is 12.2 Å². The zero-order valence-corrected chi connectivity index (χ0v) is 12.3. The van der Waals surface area contributed by atoms with Gasteiger partial charge in [-0.15, -0.1) is 11.3 Å². The van der Waals surface area contributed by atoms with Crippen molar-refractivity contribution in [3.05, 3.63) is 50.9 Å². The second-order valence-electron chi connectivity index (χ2n) is 3.96. The lowest BCUT2D eigenvalue weighted by Gasteiger charge is -2.19. The lowest BCUT2D eigenvalue weighted by Crippen LogP contribution is -2.47. The highest BCUT2D eigenvalue weighted by Crippen LogP contribution is 2.31. The maximum atomic E-state index is 13.6. The van der Waals surface area contributed by atoms with Crippen molar-refractivity contribution in [3.63, 3.8) is 0 Å². The summed E-state index contributed by atoms with van der Waals surface area (Å²) in [4.78, 5) is 12.5. The Labute approximate surface area is 129 Å². The minimum atomic E-state index is -0.747. The summed E-state index contributed by atoms with van der Waals surface area (Å²) in [5.41, 5.74) is 2.42. The first kappa shape index (κ1) is 15.5. The van der Waals surface area contributed by atoms with Crippen LogP contribution < -0.4 is 22.1 Å². The van der Waals surface area contributed by atoms with E-state index in [1.807, 2.05) is 22.9 Å². The molecule has 21 heavy (non-hydrogen) atoms. The second kappa shape index (κ2) is 6.68. The number of carbonyl (C=O) groups is 1.